The summed E-state index contributed by atoms with van der Waals surface area (Å²) in [7, 11) is 3.38. The Bertz CT molecular complexity index is 679. The molecular formula is C19H23FN2O2S. The Morgan fingerprint density at radius 1 is 1.20 bits per heavy atom. The van der Waals surface area contributed by atoms with Crippen LogP contribution in [0.4, 0.5) is 9.18 Å². The molecule has 0 radical (unpaired) electrons. The van der Waals surface area contributed by atoms with E-state index in [1.165, 1.54) is 6.07 Å². The summed E-state index contributed by atoms with van der Waals surface area (Å²) in [4.78, 5) is 13.7. The van der Waals surface area contributed by atoms with E-state index in [1.807, 2.05) is 30.3 Å². The number of amides is 2. The van der Waals surface area contributed by atoms with E-state index in [4.69, 9.17) is 4.74 Å². The number of benzene rings is 2. The molecule has 0 unspecified atom stereocenters. The molecule has 2 amide bonds. The van der Waals surface area contributed by atoms with E-state index >= 15 is 0 Å². The number of hydrogen-bond acceptors (Lipinski definition) is 3. The van der Waals surface area contributed by atoms with Crippen molar-refractivity contribution in [2.45, 2.75) is 12.3 Å². The first-order valence-electron chi connectivity index (χ1n) is 8.03. The number of ether oxygens (including phenoxy) is 1. The van der Waals surface area contributed by atoms with Crippen molar-refractivity contribution in [1.82, 2.24) is 10.2 Å². The number of carbonyl (C=O) groups excluding carboxylic acids is 1. The van der Waals surface area contributed by atoms with Crippen LogP contribution in [0.1, 0.15) is 11.1 Å². The maximum Gasteiger partial charge on any atom is 0.317 e. The van der Waals surface area contributed by atoms with Crippen LogP contribution < -0.4 is 10.1 Å². The lowest BCUT2D eigenvalue weighted by Crippen LogP contribution is -2.37. The predicted octanol–water partition coefficient (Wildman–Crippen LogP) is 3.91. The van der Waals surface area contributed by atoms with E-state index in [0.717, 1.165) is 17.1 Å². The number of nitrogens with one attached hydrogen (secondary N) is 1. The van der Waals surface area contributed by atoms with Crippen LogP contribution in [0.3, 0.4) is 0 Å². The molecule has 0 saturated carbocycles. The summed E-state index contributed by atoms with van der Waals surface area (Å²) < 4.78 is 18.6. The Hall–Kier alpha value is -2.21. The Labute approximate surface area is 152 Å². The maximum atomic E-state index is 13.5. The van der Waals surface area contributed by atoms with Crippen LogP contribution in [0.2, 0.25) is 0 Å². The van der Waals surface area contributed by atoms with Gasteiger partial charge in [0, 0.05) is 31.6 Å². The maximum absolute atomic E-state index is 13.5. The lowest BCUT2D eigenvalue weighted by Gasteiger charge is -2.18. The van der Waals surface area contributed by atoms with Crippen molar-refractivity contribution in [1.29, 1.82) is 0 Å². The zero-order chi connectivity index (χ0) is 18.1. The minimum absolute atomic E-state index is 0.123. The highest BCUT2D eigenvalue weighted by molar-refractivity contribution is 7.98. The van der Waals surface area contributed by atoms with Gasteiger partial charge in [-0.1, -0.05) is 30.3 Å². The molecule has 0 aliphatic carbocycles. The van der Waals surface area contributed by atoms with Crippen molar-refractivity contribution >= 4 is 17.8 Å². The molecule has 0 aromatic heterocycles. The number of thioether (sulfide) groups is 1. The Morgan fingerprint density at radius 2 is 1.92 bits per heavy atom. The number of carbonyl (C=O) groups is 1. The largest absolute Gasteiger partial charge is 0.497 e. The molecule has 2 aromatic rings. The molecule has 0 aliphatic rings. The highest BCUT2D eigenvalue weighted by Crippen LogP contribution is 2.15. The number of nitrogens with zero attached hydrogens (tertiary/aromatic N) is 1. The predicted molar refractivity (Wildman–Crippen MR) is 100 cm³/mol. The van der Waals surface area contributed by atoms with Crippen molar-refractivity contribution in [3.8, 4) is 5.75 Å². The minimum atomic E-state index is -0.182. The third kappa shape index (κ3) is 6.31. The first kappa shape index (κ1) is 19.1. The number of halogens is 1. The second kappa shape index (κ2) is 9.93. The highest BCUT2D eigenvalue weighted by atomic mass is 32.2. The van der Waals surface area contributed by atoms with Crippen molar-refractivity contribution in [3.05, 3.63) is 65.5 Å². The molecule has 0 bridgehead atoms. The van der Waals surface area contributed by atoms with Crippen molar-refractivity contribution in [3.63, 3.8) is 0 Å². The van der Waals surface area contributed by atoms with Gasteiger partial charge in [-0.25, -0.2) is 9.18 Å². The molecule has 0 spiro atoms. The molecule has 2 rings (SSSR count). The average Bonchev–Trinajstić information content (AvgIpc) is 2.63. The molecule has 0 heterocycles. The van der Waals surface area contributed by atoms with E-state index in [1.54, 1.807) is 43.0 Å². The Kier molecular flexibility index (Phi) is 7.60. The molecule has 25 heavy (non-hydrogen) atoms. The summed E-state index contributed by atoms with van der Waals surface area (Å²) in [6, 6.07) is 14.3. The fourth-order valence-corrected chi connectivity index (χ4v) is 3.08. The molecule has 0 atom stereocenters. The quantitative estimate of drug-likeness (QED) is 0.724. The molecule has 134 valence electrons. The number of methoxy groups -OCH3 is 1. The van der Waals surface area contributed by atoms with Gasteiger partial charge in [-0.05, 0) is 29.3 Å². The highest BCUT2D eigenvalue weighted by Gasteiger charge is 2.08. The minimum Gasteiger partial charge on any atom is -0.497 e. The summed E-state index contributed by atoms with van der Waals surface area (Å²) >= 11 is 1.60. The monoisotopic (exact) mass is 362 g/mol. The standard InChI is InChI=1S/C19H23FN2O2S/c1-22(13-15-7-9-17(24-2)10-8-15)19(23)21-11-12-25-14-16-5-3-4-6-18(16)20/h3-10H,11-14H2,1-2H3,(H,21,23). The van der Waals surface area contributed by atoms with E-state index in [9.17, 15) is 9.18 Å². The van der Waals surface area contributed by atoms with Gasteiger partial charge in [-0.15, -0.1) is 0 Å². The Balaban J connectivity index is 1.66. The number of rotatable bonds is 8. The molecule has 1 N–H and O–H groups in total. The van der Waals surface area contributed by atoms with Gasteiger partial charge in [0.2, 0.25) is 0 Å². The van der Waals surface area contributed by atoms with Gasteiger partial charge in [0.15, 0.2) is 0 Å². The van der Waals surface area contributed by atoms with Gasteiger partial charge < -0.3 is 15.0 Å². The SMILES string of the molecule is COc1ccc(CN(C)C(=O)NCCSCc2ccccc2F)cc1. The normalized spacial score (nSPS) is 10.4. The average molecular weight is 362 g/mol. The van der Waals surface area contributed by atoms with Gasteiger partial charge in [-0.2, -0.15) is 11.8 Å². The molecule has 6 heteroatoms. The summed E-state index contributed by atoms with van der Waals surface area (Å²) in [6.07, 6.45) is 0. The molecule has 2 aromatic carbocycles. The van der Waals surface area contributed by atoms with E-state index in [0.29, 0.717) is 24.4 Å². The lowest BCUT2D eigenvalue weighted by atomic mass is 10.2. The van der Waals surface area contributed by atoms with Crippen LogP contribution in [0.25, 0.3) is 0 Å². The lowest BCUT2D eigenvalue weighted by molar-refractivity contribution is 0.207. The van der Waals surface area contributed by atoms with Crippen molar-refractivity contribution in [2.75, 3.05) is 26.5 Å². The summed E-state index contributed by atoms with van der Waals surface area (Å²) in [6.45, 7) is 1.07. The summed E-state index contributed by atoms with van der Waals surface area (Å²) in [5.74, 6) is 1.95. The fourth-order valence-electron chi connectivity index (χ4n) is 2.24. The molecule has 0 aliphatic heterocycles. The van der Waals surface area contributed by atoms with Crippen LogP contribution >= 0.6 is 11.8 Å². The van der Waals surface area contributed by atoms with Crippen LogP contribution in [0, 0.1) is 5.82 Å². The van der Waals surface area contributed by atoms with E-state index < -0.39 is 0 Å². The second-order valence-corrected chi connectivity index (χ2v) is 6.69. The van der Waals surface area contributed by atoms with Gasteiger partial charge in [0.25, 0.3) is 0 Å². The van der Waals surface area contributed by atoms with E-state index in [2.05, 4.69) is 5.32 Å². The first-order chi connectivity index (χ1) is 12.1. The third-order valence-corrected chi connectivity index (χ3v) is 4.67. The zero-order valence-electron chi connectivity index (χ0n) is 14.5. The zero-order valence-corrected chi connectivity index (χ0v) is 15.3. The smallest absolute Gasteiger partial charge is 0.317 e. The van der Waals surface area contributed by atoms with Crippen LogP contribution in [0.15, 0.2) is 48.5 Å². The third-order valence-electron chi connectivity index (χ3n) is 3.66. The second-order valence-electron chi connectivity index (χ2n) is 5.58. The molecule has 0 fully saturated rings. The topological polar surface area (TPSA) is 41.6 Å². The summed E-state index contributed by atoms with van der Waals surface area (Å²) in [5, 5.41) is 2.87. The number of hydrogen-bond donors (Lipinski definition) is 1. The number of urea groups is 1. The van der Waals surface area contributed by atoms with Gasteiger partial charge >= 0.3 is 6.03 Å². The van der Waals surface area contributed by atoms with Crippen LogP contribution in [0.5, 0.6) is 5.75 Å². The molecule has 0 saturated heterocycles. The van der Waals surface area contributed by atoms with Crippen LogP contribution in [-0.2, 0) is 12.3 Å². The van der Waals surface area contributed by atoms with Crippen LogP contribution in [-0.4, -0.2) is 37.4 Å². The summed E-state index contributed by atoms with van der Waals surface area (Å²) in [5.41, 5.74) is 1.72. The van der Waals surface area contributed by atoms with Gasteiger partial charge in [0.05, 0.1) is 7.11 Å². The fraction of sp³-hybridized carbons (Fsp3) is 0.316. The first-order valence-corrected chi connectivity index (χ1v) is 9.18. The van der Waals surface area contributed by atoms with E-state index in [-0.39, 0.29) is 11.8 Å². The molecular weight excluding hydrogens is 339 g/mol. The van der Waals surface area contributed by atoms with Crippen molar-refractivity contribution < 1.29 is 13.9 Å². The van der Waals surface area contributed by atoms with Gasteiger partial charge in [-0.3, -0.25) is 0 Å². The Morgan fingerprint density at radius 3 is 2.60 bits per heavy atom. The molecule has 4 nitrogen and oxygen atoms in total. The van der Waals surface area contributed by atoms with Gasteiger partial charge in [0.1, 0.15) is 11.6 Å². The van der Waals surface area contributed by atoms with Crippen molar-refractivity contribution in [2.24, 2.45) is 0 Å².